The normalized spacial score (nSPS) is 20.7. The van der Waals surface area contributed by atoms with Gasteiger partial charge in [-0.25, -0.2) is 13.9 Å². The fourth-order valence-electron chi connectivity index (χ4n) is 0.961. The van der Waals surface area contributed by atoms with Gasteiger partial charge in [-0.1, -0.05) is 0 Å². The molecule has 0 aromatic heterocycles. The van der Waals surface area contributed by atoms with Crippen LogP contribution in [0.5, 0.6) is 0 Å². The highest BCUT2D eigenvalue weighted by Gasteiger charge is 2.38. The molecule has 0 radical (unpaired) electrons. The Morgan fingerprint density at radius 2 is 1.57 bits per heavy atom. The van der Waals surface area contributed by atoms with Crippen LogP contribution in [0.25, 0.3) is 0 Å². The van der Waals surface area contributed by atoms with Gasteiger partial charge in [0.2, 0.25) is 5.76 Å². The molecular weight excluding hydrogens is 342 g/mol. The minimum absolute atomic E-state index is 0.671. The zero-order chi connectivity index (χ0) is 17.0. The maximum Gasteiger partial charge on any atom is 0.478 e. The van der Waals surface area contributed by atoms with E-state index < -0.39 is 51.9 Å². The lowest BCUT2D eigenvalue weighted by molar-refractivity contribution is -0.147. The van der Waals surface area contributed by atoms with Gasteiger partial charge in [-0.05, 0) is 0 Å². The summed E-state index contributed by atoms with van der Waals surface area (Å²) in [7, 11) is -10.1. The second-order valence-electron chi connectivity index (χ2n) is 3.37. The van der Waals surface area contributed by atoms with Gasteiger partial charge in [-0.15, -0.1) is 0 Å². The summed E-state index contributed by atoms with van der Waals surface area (Å²) >= 11 is 0. The Bertz CT molecular complexity index is 479. The van der Waals surface area contributed by atoms with Gasteiger partial charge in [0.15, 0.2) is 11.9 Å². The van der Waals surface area contributed by atoms with E-state index in [0.29, 0.717) is 0 Å². The lowest BCUT2D eigenvalue weighted by Gasteiger charge is -2.13. The van der Waals surface area contributed by atoms with Crippen LogP contribution < -0.4 is 0 Å². The quantitative estimate of drug-likeness (QED) is 0.198. The van der Waals surface area contributed by atoms with E-state index in [1.807, 2.05) is 0 Å². The molecule has 0 fully saturated rings. The number of ether oxygens (including phenoxy) is 1. The monoisotopic (exact) mass is 354 g/mol. The molecule has 8 N–H and O–H groups in total. The summed E-state index contributed by atoms with van der Waals surface area (Å²) in [6.45, 7) is -0.671. The largest absolute Gasteiger partial charge is 0.505 e. The smallest absolute Gasteiger partial charge is 0.478 e. The van der Waals surface area contributed by atoms with Crippen molar-refractivity contribution in [1.82, 2.24) is 0 Å². The van der Waals surface area contributed by atoms with Crippen molar-refractivity contribution in [2.75, 3.05) is 6.61 Å². The molecule has 0 amide bonds. The summed E-state index contributed by atoms with van der Waals surface area (Å²) in [5, 5.41) is 35.0. The van der Waals surface area contributed by atoms with Crippen molar-refractivity contribution in [3.8, 4) is 0 Å². The SMILES string of the molecule is O=C1O[C@H]([C@@H](O)CO)C(O)=C1O.O=P(O)(O)OP(=O)(O)O. The first-order valence-corrected chi connectivity index (χ1v) is 7.79. The molecule has 0 saturated carbocycles. The summed E-state index contributed by atoms with van der Waals surface area (Å²) in [6.07, 6.45) is -2.78. The lowest BCUT2D eigenvalue weighted by Crippen LogP contribution is -2.31. The summed E-state index contributed by atoms with van der Waals surface area (Å²) in [5.74, 6) is -2.78. The van der Waals surface area contributed by atoms with Crippen LogP contribution in [0.2, 0.25) is 0 Å². The van der Waals surface area contributed by atoms with Gasteiger partial charge < -0.3 is 44.7 Å². The molecule has 21 heavy (non-hydrogen) atoms. The molecule has 0 spiro atoms. The molecule has 0 aromatic carbocycles. The van der Waals surface area contributed by atoms with E-state index in [1.54, 1.807) is 0 Å². The van der Waals surface area contributed by atoms with Gasteiger partial charge in [0.05, 0.1) is 6.61 Å². The van der Waals surface area contributed by atoms with E-state index in [2.05, 4.69) is 9.05 Å². The summed E-state index contributed by atoms with van der Waals surface area (Å²) in [6, 6.07) is 0. The Morgan fingerprint density at radius 3 is 1.76 bits per heavy atom. The molecule has 1 aliphatic rings. The van der Waals surface area contributed by atoms with Gasteiger partial charge in [-0.2, -0.15) is 4.31 Å². The van der Waals surface area contributed by atoms with Crippen molar-refractivity contribution in [2.24, 2.45) is 0 Å². The molecule has 124 valence electrons. The van der Waals surface area contributed by atoms with Gasteiger partial charge >= 0.3 is 21.6 Å². The van der Waals surface area contributed by atoms with Gasteiger partial charge in [0, 0.05) is 0 Å². The van der Waals surface area contributed by atoms with E-state index in [1.165, 1.54) is 0 Å². The topological polar surface area (TPSA) is 232 Å². The average molecular weight is 354 g/mol. The number of carbonyl (C=O) groups excluding carboxylic acids is 1. The minimum Gasteiger partial charge on any atom is -0.505 e. The highest BCUT2D eigenvalue weighted by atomic mass is 31.3. The predicted octanol–water partition coefficient (Wildman–Crippen LogP) is -2.22. The van der Waals surface area contributed by atoms with Crippen LogP contribution in [0, 0.1) is 0 Å². The Morgan fingerprint density at radius 1 is 1.14 bits per heavy atom. The van der Waals surface area contributed by atoms with E-state index in [-0.39, 0.29) is 0 Å². The number of phosphoric acid groups is 2. The van der Waals surface area contributed by atoms with E-state index in [4.69, 9.17) is 40.0 Å². The number of hydrogen-bond acceptors (Lipinski definition) is 9. The van der Waals surface area contributed by atoms with E-state index in [9.17, 15) is 13.9 Å². The van der Waals surface area contributed by atoms with Gasteiger partial charge in [-0.3, -0.25) is 0 Å². The van der Waals surface area contributed by atoms with Crippen molar-refractivity contribution >= 4 is 21.6 Å². The van der Waals surface area contributed by atoms with Crippen LogP contribution in [0.1, 0.15) is 0 Å². The first kappa shape index (κ1) is 20.0. The first-order valence-electron chi connectivity index (χ1n) is 4.73. The van der Waals surface area contributed by atoms with Crippen LogP contribution in [0.15, 0.2) is 11.5 Å². The molecule has 15 heteroatoms. The van der Waals surface area contributed by atoms with Crippen LogP contribution >= 0.6 is 15.6 Å². The van der Waals surface area contributed by atoms with Gasteiger partial charge in [0.1, 0.15) is 6.10 Å². The number of esters is 1. The molecule has 1 rings (SSSR count). The fraction of sp³-hybridized carbons (Fsp3) is 0.500. The summed E-state index contributed by atoms with van der Waals surface area (Å²) in [5.41, 5.74) is 0. The molecule has 0 bridgehead atoms. The third kappa shape index (κ3) is 7.52. The number of hydrogen-bond donors (Lipinski definition) is 8. The third-order valence-electron chi connectivity index (χ3n) is 1.69. The van der Waals surface area contributed by atoms with Crippen LogP contribution in [-0.2, 0) is 23.0 Å². The number of aliphatic hydroxyl groups excluding tert-OH is 4. The summed E-state index contributed by atoms with van der Waals surface area (Å²) < 4.78 is 26.5. The van der Waals surface area contributed by atoms with Crippen LogP contribution in [0.4, 0.5) is 0 Å². The lowest BCUT2D eigenvalue weighted by atomic mass is 10.2. The standard InChI is InChI=1S/C6H8O6.H4O7P2/c7-1-2(8)5-3(9)4(10)6(11)12-5;1-8(2,3)7-9(4,5)6/h2,5,7-10H,1H2;(H2,1,2,3)(H2,4,5,6)/t2-,5+;/m0./s1. The van der Waals surface area contributed by atoms with Gasteiger partial charge in [0.25, 0.3) is 0 Å². The molecule has 2 atom stereocenters. The second kappa shape index (κ2) is 7.31. The number of aliphatic hydroxyl groups is 4. The second-order valence-corrected chi connectivity index (χ2v) is 5.99. The Balaban J connectivity index is 0.000000400. The van der Waals surface area contributed by atoms with E-state index in [0.717, 1.165) is 0 Å². The maximum absolute atomic E-state index is 10.5. The molecule has 13 nitrogen and oxygen atoms in total. The molecule has 0 saturated heterocycles. The van der Waals surface area contributed by atoms with Crippen LogP contribution in [-0.4, -0.2) is 64.8 Å². The average Bonchev–Trinajstić information content (AvgIpc) is 2.52. The number of rotatable bonds is 4. The van der Waals surface area contributed by atoms with Crippen molar-refractivity contribution in [2.45, 2.75) is 12.2 Å². The van der Waals surface area contributed by atoms with Crippen molar-refractivity contribution in [3.05, 3.63) is 11.5 Å². The van der Waals surface area contributed by atoms with Crippen molar-refractivity contribution in [3.63, 3.8) is 0 Å². The molecule has 0 aromatic rings. The number of carbonyl (C=O) groups is 1. The fourth-order valence-corrected chi connectivity index (χ4v) is 2.07. The Hall–Kier alpha value is -1.01. The zero-order valence-corrected chi connectivity index (χ0v) is 11.7. The molecule has 0 aliphatic carbocycles. The minimum atomic E-state index is -5.05. The van der Waals surface area contributed by atoms with Crippen molar-refractivity contribution < 1.29 is 63.0 Å². The zero-order valence-electron chi connectivity index (χ0n) is 9.88. The highest BCUT2D eigenvalue weighted by molar-refractivity contribution is 7.60. The molecule has 1 heterocycles. The summed E-state index contributed by atoms with van der Waals surface area (Å²) in [4.78, 5) is 41.5. The van der Waals surface area contributed by atoms with E-state index >= 15 is 0 Å². The van der Waals surface area contributed by atoms with Crippen molar-refractivity contribution in [1.29, 1.82) is 0 Å². The third-order valence-corrected chi connectivity index (χ3v) is 3.39. The molecule has 0 unspecified atom stereocenters. The predicted molar refractivity (Wildman–Crippen MR) is 60.4 cm³/mol. The Kier molecular flexibility index (Phi) is 6.96. The maximum atomic E-state index is 10.5. The first-order chi connectivity index (χ1) is 9.28. The number of cyclic esters (lactones) is 1. The molecular formula is C6H12O13P2. The highest BCUT2D eigenvalue weighted by Crippen LogP contribution is 2.53. The Labute approximate surface area is 116 Å². The molecule has 1 aliphatic heterocycles. The van der Waals surface area contributed by atoms with Crippen LogP contribution in [0.3, 0.4) is 0 Å².